The second kappa shape index (κ2) is 7.06. The average molecular weight is 322 g/mol. The van der Waals surface area contributed by atoms with E-state index in [1.54, 1.807) is 0 Å². The minimum Gasteiger partial charge on any atom is -0.481 e. The fourth-order valence-electron chi connectivity index (χ4n) is 4.00. The molecule has 4 nitrogen and oxygen atoms in total. The van der Waals surface area contributed by atoms with Gasteiger partial charge in [-0.25, -0.2) is 0 Å². The van der Waals surface area contributed by atoms with Crippen molar-refractivity contribution in [3.05, 3.63) is 12.7 Å². The lowest BCUT2D eigenvalue weighted by atomic mass is 9.79. The highest BCUT2D eigenvalue weighted by Crippen LogP contribution is 2.57. The lowest BCUT2D eigenvalue weighted by Crippen LogP contribution is -2.33. The molecule has 0 amide bonds. The summed E-state index contributed by atoms with van der Waals surface area (Å²) in [5.41, 5.74) is -0.452. The van der Waals surface area contributed by atoms with E-state index in [4.69, 9.17) is 4.74 Å². The van der Waals surface area contributed by atoms with E-state index in [1.807, 2.05) is 26.8 Å². The van der Waals surface area contributed by atoms with Crippen LogP contribution in [-0.2, 0) is 14.3 Å². The van der Waals surface area contributed by atoms with E-state index in [9.17, 15) is 14.7 Å². The number of hydrogen-bond donors (Lipinski definition) is 1. The number of carboxylic acid groups (broad SMARTS) is 1. The van der Waals surface area contributed by atoms with Gasteiger partial charge in [-0.05, 0) is 55.3 Å². The maximum Gasteiger partial charge on any atom is 0.307 e. The number of carbonyl (C=O) groups excluding carboxylic acids is 1. The zero-order valence-electron chi connectivity index (χ0n) is 14.6. The maximum atomic E-state index is 12.3. The molecular weight excluding hydrogens is 292 g/mol. The topological polar surface area (TPSA) is 63.6 Å². The monoisotopic (exact) mass is 322 g/mol. The van der Waals surface area contributed by atoms with E-state index in [0.29, 0.717) is 5.92 Å². The Balaban J connectivity index is 1.88. The zero-order valence-corrected chi connectivity index (χ0v) is 14.6. The highest BCUT2D eigenvalue weighted by Gasteiger charge is 2.54. The van der Waals surface area contributed by atoms with Crippen molar-refractivity contribution in [3.63, 3.8) is 0 Å². The Morgan fingerprint density at radius 2 is 2.04 bits per heavy atom. The molecule has 0 aromatic carbocycles. The van der Waals surface area contributed by atoms with Crippen LogP contribution < -0.4 is 0 Å². The third-order valence-electron chi connectivity index (χ3n) is 5.48. The Bertz CT molecular complexity index is 462. The summed E-state index contributed by atoms with van der Waals surface area (Å²) < 4.78 is 5.70. The number of carbonyl (C=O) groups is 2. The van der Waals surface area contributed by atoms with Crippen molar-refractivity contribution in [1.82, 2.24) is 0 Å². The van der Waals surface area contributed by atoms with Gasteiger partial charge in [-0.15, -0.1) is 6.58 Å². The molecule has 5 atom stereocenters. The molecule has 0 aliphatic heterocycles. The number of unbranched alkanes of at least 4 members (excludes halogenated alkanes) is 1. The number of allylic oxidation sites excluding steroid dienone is 1. The van der Waals surface area contributed by atoms with Gasteiger partial charge in [0.1, 0.15) is 6.10 Å². The van der Waals surface area contributed by atoms with Gasteiger partial charge in [0.2, 0.25) is 0 Å². The van der Waals surface area contributed by atoms with Gasteiger partial charge >= 0.3 is 11.9 Å². The fourth-order valence-corrected chi connectivity index (χ4v) is 4.00. The second-order valence-corrected chi connectivity index (χ2v) is 8.27. The third kappa shape index (κ3) is 4.58. The summed E-state index contributed by atoms with van der Waals surface area (Å²) >= 11 is 0. The van der Waals surface area contributed by atoms with Crippen LogP contribution in [0.2, 0.25) is 0 Å². The van der Waals surface area contributed by atoms with Crippen LogP contribution >= 0.6 is 0 Å². The Labute approximate surface area is 139 Å². The van der Waals surface area contributed by atoms with Gasteiger partial charge < -0.3 is 9.84 Å². The van der Waals surface area contributed by atoms with Crippen LogP contribution in [0, 0.1) is 29.1 Å². The van der Waals surface area contributed by atoms with Crippen molar-refractivity contribution in [1.29, 1.82) is 0 Å². The molecule has 1 N–H and O–H groups in total. The Kier molecular flexibility index (Phi) is 5.53. The smallest absolute Gasteiger partial charge is 0.307 e. The summed E-state index contributed by atoms with van der Waals surface area (Å²) in [6, 6.07) is 0. The van der Waals surface area contributed by atoms with Gasteiger partial charge in [0.05, 0.1) is 12.3 Å². The molecule has 2 fully saturated rings. The van der Waals surface area contributed by atoms with Crippen LogP contribution in [-0.4, -0.2) is 23.1 Å². The Hall–Kier alpha value is -1.32. The number of esters is 1. The molecular formula is C19H30O4. The minimum atomic E-state index is -0.925. The lowest BCUT2D eigenvalue weighted by molar-refractivity contribution is -0.160. The normalized spacial score (nSPS) is 30.4. The molecule has 0 heterocycles. The average Bonchev–Trinajstić information content (AvgIpc) is 3.11. The number of fused-ring (bicyclic) bond motifs is 1. The van der Waals surface area contributed by atoms with Gasteiger partial charge in [0, 0.05) is 0 Å². The molecule has 0 aromatic heterocycles. The fraction of sp³-hybridized carbons (Fsp3) is 0.789. The molecule has 0 unspecified atom stereocenters. The molecule has 2 saturated carbocycles. The summed E-state index contributed by atoms with van der Waals surface area (Å²) in [5.74, 6) is -0.0829. The lowest BCUT2D eigenvalue weighted by Gasteiger charge is -2.28. The Morgan fingerprint density at radius 1 is 1.35 bits per heavy atom. The number of aliphatic carboxylic acids is 1. The summed E-state index contributed by atoms with van der Waals surface area (Å²) in [6.45, 7) is 9.30. The first-order chi connectivity index (χ1) is 10.7. The number of hydrogen-bond acceptors (Lipinski definition) is 3. The van der Waals surface area contributed by atoms with E-state index in [2.05, 4.69) is 6.58 Å². The van der Waals surface area contributed by atoms with Gasteiger partial charge in [-0.3, -0.25) is 9.59 Å². The predicted octanol–water partition coefficient (Wildman–Crippen LogP) is 4.05. The largest absolute Gasteiger partial charge is 0.481 e. The molecule has 0 aromatic rings. The van der Waals surface area contributed by atoms with Gasteiger partial charge in [0.15, 0.2) is 0 Å². The third-order valence-corrected chi connectivity index (χ3v) is 5.48. The zero-order chi connectivity index (χ0) is 17.2. The number of rotatable bonds is 8. The van der Waals surface area contributed by atoms with Crippen molar-refractivity contribution in [2.75, 3.05) is 0 Å². The van der Waals surface area contributed by atoms with E-state index in [-0.39, 0.29) is 18.5 Å². The molecule has 0 saturated heterocycles. The Morgan fingerprint density at radius 3 is 2.61 bits per heavy atom. The molecule has 0 radical (unpaired) electrons. The summed E-state index contributed by atoms with van der Waals surface area (Å²) in [6.07, 6.45) is 7.28. The van der Waals surface area contributed by atoms with Crippen molar-refractivity contribution in [2.24, 2.45) is 29.1 Å². The highest BCUT2D eigenvalue weighted by molar-refractivity contribution is 5.79. The van der Waals surface area contributed by atoms with Crippen molar-refractivity contribution < 1.29 is 19.4 Å². The summed E-state index contributed by atoms with van der Waals surface area (Å²) in [7, 11) is 0. The highest BCUT2D eigenvalue weighted by atomic mass is 16.5. The minimum absolute atomic E-state index is 0.00882. The van der Waals surface area contributed by atoms with Gasteiger partial charge in [-0.1, -0.05) is 26.8 Å². The number of carboxylic acids is 1. The number of ether oxygens (including phenoxy) is 1. The van der Waals surface area contributed by atoms with E-state index in [0.717, 1.165) is 37.5 Å². The van der Waals surface area contributed by atoms with Crippen LogP contribution in [0.25, 0.3) is 0 Å². The molecule has 2 rings (SSSR count). The maximum absolute atomic E-state index is 12.3. The molecule has 0 spiro atoms. The van der Waals surface area contributed by atoms with Gasteiger partial charge in [-0.2, -0.15) is 0 Å². The first-order valence-corrected chi connectivity index (χ1v) is 8.77. The molecule has 2 aliphatic rings. The van der Waals surface area contributed by atoms with E-state index in [1.165, 1.54) is 6.42 Å². The van der Waals surface area contributed by atoms with Crippen molar-refractivity contribution in [3.8, 4) is 0 Å². The molecule has 2 aliphatic carbocycles. The predicted molar refractivity (Wildman–Crippen MR) is 88.8 cm³/mol. The van der Waals surface area contributed by atoms with Crippen LogP contribution in [0.15, 0.2) is 12.7 Å². The standard InChI is InChI=1S/C19H30O4/c1-5-6-7-8-13-14-9-12(14)10-16(13)23-17(20)11-15(18(21)22)19(2,3)4/h5,12-16H,1,6-11H2,2-4H3,(H,21,22)/t12-,13+,14-,15-,16+/m1/s1. The van der Waals surface area contributed by atoms with E-state index < -0.39 is 17.3 Å². The van der Waals surface area contributed by atoms with Crippen LogP contribution in [0.1, 0.15) is 59.3 Å². The molecule has 0 bridgehead atoms. The first kappa shape index (κ1) is 18.0. The van der Waals surface area contributed by atoms with Crippen LogP contribution in [0.3, 0.4) is 0 Å². The SMILES string of the molecule is C=CCCC[C@H]1[C@@H]2C[C@@H]2C[C@@H]1OC(=O)C[C@H](C(=O)O)C(C)(C)C. The first-order valence-electron chi connectivity index (χ1n) is 8.77. The second-order valence-electron chi connectivity index (χ2n) is 8.27. The quantitative estimate of drug-likeness (QED) is 0.416. The van der Waals surface area contributed by atoms with Gasteiger partial charge in [0.25, 0.3) is 0 Å². The molecule has 4 heteroatoms. The van der Waals surface area contributed by atoms with Crippen LogP contribution in [0.5, 0.6) is 0 Å². The molecule has 23 heavy (non-hydrogen) atoms. The van der Waals surface area contributed by atoms with Crippen LogP contribution in [0.4, 0.5) is 0 Å². The van der Waals surface area contributed by atoms with E-state index >= 15 is 0 Å². The van der Waals surface area contributed by atoms with Crippen molar-refractivity contribution >= 4 is 11.9 Å². The summed E-state index contributed by atoms with van der Waals surface area (Å²) in [4.78, 5) is 23.7. The summed E-state index contributed by atoms with van der Waals surface area (Å²) in [5, 5.41) is 9.35. The van der Waals surface area contributed by atoms with Crippen molar-refractivity contribution in [2.45, 2.75) is 65.4 Å². The molecule has 130 valence electrons.